The molecule has 1 heterocycles. The summed E-state index contributed by atoms with van der Waals surface area (Å²) in [5, 5.41) is 13.9. The fraction of sp³-hybridized carbons (Fsp3) is 1.00. The van der Waals surface area contributed by atoms with Crippen LogP contribution in [0.3, 0.4) is 0 Å². The fourth-order valence-electron chi connectivity index (χ4n) is 4.04. The van der Waals surface area contributed by atoms with Crippen molar-refractivity contribution in [3.05, 3.63) is 0 Å². The zero-order valence-corrected chi connectivity index (χ0v) is 13.0. The summed E-state index contributed by atoms with van der Waals surface area (Å²) in [6.07, 6.45) is 6.13. The van der Waals surface area contributed by atoms with Crippen LogP contribution in [-0.2, 0) is 0 Å². The van der Waals surface area contributed by atoms with Crippen molar-refractivity contribution in [2.45, 2.75) is 64.5 Å². The zero-order chi connectivity index (χ0) is 13.9. The van der Waals surface area contributed by atoms with Crippen molar-refractivity contribution in [2.24, 2.45) is 11.8 Å². The second-order valence-corrected chi connectivity index (χ2v) is 7.18. The average Bonchev–Trinajstić information content (AvgIpc) is 2.31. The maximum atomic E-state index is 10.2. The van der Waals surface area contributed by atoms with Gasteiger partial charge in [-0.3, -0.25) is 0 Å². The molecular weight excluding hydrogens is 236 g/mol. The number of β-amino-alcohol motifs (C(OH)–C–C–N with tert-alkyl or cyclic N) is 1. The lowest BCUT2D eigenvalue weighted by Gasteiger charge is -2.42. The minimum atomic E-state index is -0.466. The molecule has 1 aliphatic heterocycles. The Bertz CT molecular complexity index is 280. The molecule has 2 fully saturated rings. The molecule has 0 bridgehead atoms. The van der Waals surface area contributed by atoms with Crippen molar-refractivity contribution in [2.75, 3.05) is 26.2 Å². The standard InChI is InChI=1S/C16H32N2O/c1-4-17-15-7-6-13(2)10-14(15)11-18-9-5-8-16(3,19)12-18/h13-15,17,19H,4-12H2,1-3H3. The van der Waals surface area contributed by atoms with Crippen molar-refractivity contribution in [1.82, 2.24) is 10.2 Å². The fourth-order valence-corrected chi connectivity index (χ4v) is 4.04. The quantitative estimate of drug-likeness (QED) is 0.821. The molecule has 19 heavy (non-hydrogen) atoms. The molecular formula is C16H32N2O. The Morgan fingerprint density at radius 2 is 2.16 bits per heavy atom. The van der Waals surface area contributed by atoms with E-state index in [4.69, 9.17) is 0 Å². The van der Waals surface area contributed by atoms with E-state index in [-0.39, 0.29) is 0 Å². The molecule has 2 N–H and O–H groups in total. The lowest BCUT2D eigenvalue weighted by Crippen LogP contribution is -2.51. The number of rotatable bonds is 4. The Morgan fingerprint density at radius 1 is 1.37 bits per heavy atom. The maximum Gasteiger partial charge on any atom is 0.0746 e. The zero-order valence-electron chi connectivity index (χ0n) is 13.0. The molecule has 4 unspecified atom stereocenters. The lowest BCUT2D eigenvalue weighted by molar-refractivity contribution is -0.0242. The van der Waals surface area contributed by atoms with Gasteiger partial charge in [0.25, 0.3) is 0 Å². The largest absolute Gasteiger partial charge is 0.389 e. The number of likely N-dealkylation sites (tertiary alicyclic amines) is 1. The van der Waals surface area contributed by atoms with E-state index in [1.807, 2.05) is 6.92 Å². The van der Waals surface area contributed by atoms with Gasteiger partial charge in [-0.15, -0.1) is 0 Å². The third kappa shape index (κ3) is 4.44. The van der Waals surface area contributed by atoms with Gasteiger partial charge in [0.15, 0.2) is 0 Å². The van der Waals surface area contributed by atoms with Crippen LogP contribution >= 0.6 is 0 Å². The second-order valence-electron chi connectivity index (χ2n) is 7.18. The third-order valence-corrected chi connectivity index (χ3v) is 4.96. The van der Waals surface area contributed by atoms with Gasteiger partial charge in [-0.05, 0) is 64.0 Å². The second kappa shape index (κ2) is 6.55. The summed E-state index contributed by atoms with van der Waals surface area (Å²) < 4.78 is 0. The van der Waals surface area contributed by atoms with E-state index in [1.54, 1.807) is 0 Å². The van der Waals surface area contributed by atoms with Crippen LogP contribution in [0, 0.1) is 11.8 Å². The molecule has 0 aromatic rings. The highest BCUT2D eigenvalue weighted by molar-refractivity contribution is 4.89. The van der Waals surface area contributed by atoms with E-state index in [0.29, 0.717) is 6.04 Å². The van der Waals surface area contributed by atoms with Crippen LogP contribution in [0.4, 0.5) is 0 Å². The first kappa shape index (κ1) is 15.3. The van der Waals surface area contributed by atoms with E-state index in [2.05, 4.69) is 24.1 Å². The molecule has 112 valence electrons. The van der Waals surface area contributed by atoms with Crippen LogP contribution in [0.5, 0.6) is 0 Å². The first-order valence-corrected chi connectivity index (χ1v) is 8.18. The molecule has 1 saturated carbocycles. The van der Waals surface area contributed by atoms with Gasteiger partial charge in [-0.2, -0.15) is 0 Å². The highest BCUT2D eigenvalue weighted by Crippen LogP contribution is 2.31. The minimum absolute atomic E-state index is 0.466. The van der Waals surface area contributed by atoms with Gasteiger partial charge >= 0.3 is 0 Å². The van der Waals surface area contributed by atoms with Crippen LogP contribution in [0.15, 0.2) is 0 Å². The van der Waals surface area contributed by atoms with E-state index in [9.17, 15) is 5.11 Å². The average molecular weight is 268 g/mol. The molecule has 0 aromatic heterocycles. The summed E-state index contributed by atoms with van der Waals surface area (Å²) in [4.78, 5) is 2.50. The molecule has 0 amide bonds. The number of aliphatic hydroxyl groups is 1. The Kier molecular flexibility index (Phi) is 5.27. The maximum absolute atomic E-state index is 10.2. The number of nitrogens with one attached hydrogen (secondary N) is 1. The molecule has 2 rings (SSSR count). The van der Waals surface area contributed by atoms with E-state index < -0.39 is 5.60 Å². The Labute approximate surface area is 118 Å². The summed E-state index contributed by atoms with van der Waals surface area (Å²) in [5.41, 5.74) is -0.466. The summed E-state index contributed by atoms with van der Waals surface area (Å²) >= 11 is 0. The number of piperidine rings is 1. The Hall–Kier alpha value is -0.120. The van der Waals surface area contributed by atoms with E-state index in [0.717, 1.165) is 44.3 Å². The summed E-state index contributed by atoms with van der Waals surface area (Å²) in [6, 6.07) is 0.688. The van der Waals surface area contributed by atoms with Gasteiger partial charge in [0.1, 0.15) is 0 Å². The van der Waals surface area contributed by atoms with Gasteiger partial charge in [0.2, 0.25) is 0 Å². The number of nitrogens with zero attached hydrogens (tertiary/aromatic N) is 1. The van der Waals surface area contributed by atoms with Gasteiger partial charge in [-0.25, -0.2) is 0 Å². The Balaban J connectivity index is 1.90. The van der Waals surface area contributed by atoms with Crippen LogP contribution in [0.1, 0.15) is 52.9 Å². The van der Waals surface area contributed by atoms with Crippen molar-refractivity contribution >= 4 is 0 Å². The van der Waals surface area contributed by atoms with Crippen molar-refractivity contribution in [1.29, 1.82) is 0 Å². The first-order chi connectivity index (χ1) is 9.00. The van der Waals surface area contributed by atoms with E-state index in [1.165, 1.54) is 25.8 Å². The van der Waals surface area contributed by atoms with Crippen LogP contribution < -0.4 is 5.32 Å². The molecule has 3 nitrogen and oxygen atoms in total. The summed E-state index contributed by atoms with van der Waals surface area (Å²) in [7, 11) is 0. The van der Waals surface area contributed by atoms with E-state index >= 15 is 0 Å². The van der Waals surface area contributed by atoms with Crippen LogP contribution in [0.25, 0.3) is 0 Å². The SMILES string of the molecule is CCNC1CCC(C)CC1CN1CCCC(C)(O)C1. The highest BCUT2D eigenvalue weighted by Gasteiger charge is 2.33. The van der Waals surface area contributed by atoms with Crippen LogP contribution in [0.2, 0.25) is 0 Å². The molecule has 2 aliphatic rings. The summed E-state index contributed by atoms with van der Waals surface area (Å²) in [5.74, 6) is 1.63. The molecule has 0 aromatic carbocycles. The molecule has 3 heteroatoms. The topological polar surface area (TPSA) is 35.5 Å². The monoisotopic (exact) mass is 268 g/mol. The first-order valence-electron chi connectivity index (χ1n) is 8.18. The van der Waals surface area contributed by atoms with Gasteiger partial charge in [0, 0.05) is 19.1 Å². The molecule has 1 aliphatic carbocycles. The molecule has 4 atom stereocenters. The number of hydrogen-bond acceptors (Lipinski definition) is 3. The van der Waals surface area contributed by atoms with Crippen LogP contribution in [-0.4, -0.2) is 47.8 Å². The Morgan fingerprint density at radius 3 is 2.84 bits per heavy atom. The van der Waals surface area contributed by atoms with Crippen molar-refractivity contribution in [3.8, 4) is 0 Å². The van der Waals surface area contributed by atoms with Gasteiger partial charge in [0.05, 0.1) is 5.60 Å². The molecule has 1 saturated heterocycles. The summed E-state index contributed by atoms with van der Waals surface area (Å²) in [6.45, 7) is 10.9. The predicted molar refractivity (Wildman–Crippen MR) is 80.3 cm³/mol. The van der Waals surface area contributed by atoms with Crippen molar-refractivity contribution in [3.63, 3.8) is 0 Å². The normalized spacial score (nSPS) is 41.4. The molecule has 0 radical (unpaired) electrons. The van der Waals surface area contributed by atoms with Gasteiger partial charge < -0.3 is 15.3 Å². The predicted octanol–water partition coefficient (Wildman–Crippen LogP) is 2.25. The smallest absolute Gasteiger partial charge is 0.0746 e. The minimum Gasteiger partial charge on any atom is -0.389 e. The molecule has 0 spiro atoms. The van der Waals surface area contributed by atoms with Crippen molar-refractivity contribution < 1.29 is 5.11 Å². The third-order valence-electron chi connectivity index (χ3n) is 4.96. The highest BCUT2D eigenvalue weighted by atomic mass is 16.3. The number of hydrogen-bond donors (Lipinski definition) is 2. The lowest BCUT2D eigenvalue weighted by atomic mass is 9.78. The van der Waals surface area contributed by atoms with Gasteiger partial charge in [-0.1, -0.05) is 13.8 Å².